The topological polar surface area (TPSA) is 56.9 Å². The van der Waals surface area contributed by atoms with Crippen molar-refractivity contribution in [2.24, 2.45) is 0 Å². The molecule has 2 aromatic rings. The summed E-state index contributed by atoms with van der Waals surface area (Å²) >= 11 is 1.22. The first-order valence-corrected chi connectivity index (χ1v) is 8.30. The highest BCUT2D eigenvalue weighted by Crippen LogP contribution is 2.32. The van der Waals surface area contributed by atoms with E-state index in [-0.39, 0.29) is 10.3 Å². The molecule has 0 bridgehead atoms. The van der Waals surface area contributed by atoms with Gasteiger partial charge in [-0.1, -0.05) is 41.7 Å². The molecule has 0 spiro atoms. The lowest BCUT2D eigenvalue weighted by Crippen LogP contribution is -2.46. The zero-order valence-corrected chi connectivity index (χ0v) is 12.8. The van der Waals surface area contributed by atoms with Crippen LogP contribution >= 0.6 is 11.3 Å². The third-order valence-electron chi connectivity index (χ3n) is 4.30. The fraction of sp³-hybridized carbons (Fsp3) is 0.438. The Kier molecular flexibility index (Phi) is 4.53. The van der Waals surface area contributed by atoms with Crippen LogP contribution in [0.15, 0.2) is 40.5 Å². The molecule has 0 unspecified atom stereocenters. The standard InChI is InChI=1S/C16H21N3OS/c20-15-19-14(11-21-15)10-18-12-16(6-8-17-9-7-16)13-4-2-1-3-5-13/h1-5,11,17-18H,6-10,12H2,(H,19,20). The summed E-state index contributed by atoms with van der Waals surface area (Å²) in [6.45, 7) is 3.79. The zero-order chi connectivity index (χ0) is 14.5. The van der Waals surface area contributed by atoms with Crippen LogP contribution in [0, 0.1) is 0 Å². The number of rotatable bonds is 5. The van der Waals surface area contributed by atoms with Crippen molar-refractivity contribution >= 4 is 11.3 Å². The number of hydrogen-bond donors (Lipinski definition) is 3. The summed E-state index contributed by atoms with van der Waals surface area (Å²) in [6.07, 6.45) is 2.29. The van der Waals surface area contributed by atoms with Crippen molar-refractivity contribution in [1.29, 1.82) is 0 Å². The van der Waals surface area contributed by atoms with E-state index in [2.05, 4.69) is 45.9 Å². The van der Waals surface area contributed by atoms with Crippen molar-refractivity contribution in [3.63, 3.8) is 0 Å². The highest BCUT2D eigenvalue weighted by Gasteiger charge is 2.33. The van der Waals surface area contributed by atoms with Gasteiger partial charge in [0.15, 0.2) is 0 Å². The first-order chi connectivity index (χ1) is 10.3. The normalized spacial score (nSPS) is 17.7. The highest BCUT2D eigenvalue weighted by molar-refractivity contribution is 7.07. The van der Waals surface area contributed by atoms with Crippen molar-refractivity contribution in [2.45, 2.75) is 24.8 Å². The van der Waals surface area contributed by atoms with E-state index in [1.165, 1.54) is 16.9 Å². The molecule has 0 aliphatic carbocycles. The van der Waals surface area contributed by atoms with Gasteiger partial charge >= 0.3 is 4.87 Å². The molecule has 1 aromatic carbocycles. The minimum Gasteiger partial charge on any atom is -0.317 e. The molecule has 1 aromatic heterocycles. The van der Waals surface area contributed by atoms with Crippen LogP contribution in [0.3, 0.4) is 0 Å². The van der Waals surface area contributed by atoms with Gasteiger partial charge in [-0.3, -0.25) is 4.79 Å². The van der Waals surface area contributed by atoms with Crippen LogP contribution in [0.4, 0.5) is 0 Å². The van der Waals surface area contributed by atoms with Crippen LogP contribution in [0.1, 0.15) is 24.1 Å². The summed E-state index contributed by atoms with van der Waals surface area (Å²) in [4.78, 5) is 14.0. The fourth-order valence-electron chi connectivity index (χ4n) is 3.10. The maximum Gasteiger partial charge on any atom is 0.304 e. The predicted molar refractivity (Wildman–Crippen MR) is 86.9 cm³/mol. The Balaban J connectivity index is 1.69. The van der Waals surface area contributed by atoms with Crippen molar-refractivity contribution in [1.82, 2.24) is 15.6 Å². The molecule has 21 heavy (non-hydrogen) atoms. The van der Waals surface area contributed by atoms with Crippen molar-refractivity contribution in [3.8, 4) is 0 Å². The Morgan fingerprint density at radius 1 is 1.19 bits per heavy atom. The molecule has 3 N–H and O–H groups in total. The maximum absolute atomic E-state index is 11.2. The van der Waals surface area contributed by atoms with Gasteiger partial charge in [0.1, 0.15) is 0 Å². The van der Waals surface area contributed by atoms with Gasteiger partial charge in [-0.2, -0.15) is 0 Å². The Morgan fingerprint density at radius 2 is 1.95 bits per heavy atom. The molecule has 1 saturated heterocycles. The molecule has 3 rings (SSSR count). The van der Waals surface area contributed by atoms with Crippen LogP contribution in [-0.4, -0.2) is 24.6 Å². The van der Waals surface area contributed by atoms with E-state index in [0.717, 1.165) is 44.7 Å². The molecule has 1 aliphatic rings. The summed E-state index contributed by atoms with van der Waals surface area (Å²) < 4.78 is 0. The van der Waals surface area contributed by atoms with Gasteiger partial charge in [0.05, 0.1) is 0 Å². The van der Waals surface area contributed by atoms with Gasteiger partial charge in [0.25, 0.3) is 0 Å². The molecule has 4 nitrogen and oxygen atoms in total. The van der Waals surface area contributed by atoms with Crippen molar-refractivity contribution < 1.29 is 0 Å². The number of hydrogen-bond acceptors (Lipinski definition) is 4. The zero-order valence-electron chi connectivity index (χ0n) is 12.0. The van der Waals surface area contributed by atoms with E-state index in [1.807, 2.05) is 5.38 Å². The predicted octanol–water partition coefficient (Wildman–Crippen LogP) is 1.85. The molecule has 1 aliphatic heterocycles. The Hall–Kier alpha value is -1.43. The molecular weight excluding hydrogens is 282 g/mol. The molecule has 112 valence electrons. The smallest absolute Gasteiger partial charge is 0.304 e. The molecule has 0 atom stereocenters. The minimum atomic E-state index is 0.0199. The Morgan fingerprint density at radius 3 is 2.62 bits per heavy atom. The largest absolute Gasteiger partial charge is 0.317 e. The van der Waals surface area contributed by atoms with Crippen LogP contribution in [-0.2, 0) is 12.0 Å². The number of thiazole rings is 1. The van der Waals surface area contributed by atoms with Gasteiger partial charge < -0.3 is 15.6 Å². The quantitative estimate of drug-likeness (QED) is 0.790. The molecule has 2 heterocycles. The molecular formula is C16H21N3OS. The lowest BCUT2D eigenvalue weighted by atomic mass is 9.73. The molecule has 5 heteroatoms. The third kappa shape index (κ3) is 3.43. The minimum absolute atomic E-state index is 0.0199. The van der Waals surface area contributed by atoms with Crippen LogP contribution < -0.4 is 15.5 Å². The number of nitrogens with one attached hydrogen (secondary N) is 3. The lowest BCUT2D eigenvalue weighted by Gasteiger charge is -2.38. The second-order valence-electron chi connectivity index (χ2n) is 5.67. The second-order valence-corrected chi connectivity index (χ2v) is 6.52. The van der Waals surface area contributed by atoms with E-state index in [4.69, 9.17) is 0 Å². The summed E-state index contributed by atoms with van der Waals surface area (Å²) in [5.41, 5.74) is 2.59. The number of aromatic nitrogens is 1. The number of aromatic amines is 1. The maximum atomic E-state index is 11.2. The summed E-state index contributed by atoms with van der Waals surface area (Å²) in [5, 5.41) is 8.88. The van der Waals surface area contributed by atoms with E-state index in [9.17, 15) is 4.79 Å². The Labute approximate surface area is 128 Å². The van der Waals surface area contributed by atoms with Crippen molar-refractivity contribution in [2.75, 3.05) is 19.6 Å². The number of piperidine rings is 1. The summed E-state index contributed by atoms with van der Waals surface area (Å²) in [7, 11) is 0. The molecule has 0 radical (unpaired) electrons. The lowest BCUT2D eigenvalue weighted by molar-refractivity contribution is 0.292. The van der Waals surface area contributed by atoms with Crippen LogP contribution in [0.25, 0.3) is 0 Å². The number of benzene rings is 1. The molecule has 1 fully saturated rings. The van der Waals surface area contributed by atoms with Gasteiger partial charge in [0.2, 0.25) is 0 Å². The summed E-state index contributed by atoms with van der Waals surface area (Å²) in [6, 6.07) is 10.8. The third-order valence-corrected chi connectivity index (χ3v) is 5.02. The van der Waals surface area contributed by atoms with Gasteiger partial charge in [0, 0.05) is 29.6 Å². The van der Waals surface area contributed by atoms with Gasteiger partial charge in [-0.15, -0.1) is 0 Å². The fourth-order valence-corrected chi connectivity index (χ4v) is 3.68. The van der Waals surface area contributed by atoms with E-state index in [0.29, 0.717) is 0 Å². The average molecular weight is 303 g/mol. The van der Waals surface area contributed by atoms with Crippen molar-refractivity contribution in [3.05, 3.63) is 56.6 Å². The molecule has 0 saturated carbocycles. The summed E-state index contributed by atoms with van der Waals surface area (Å²) in [5.74, 6) is 0. The van der Waals surface area contributed by atoms with Crippen LogP contribution in [0.2, 0.25) is 0 Å². The first kappa shape index (κ1) is 14.5. The average Bonchev–Trinajstić information content (AvgIpc) is 2.95. The van der Waals surface area contributed by atoms with E-state index < -0.39 is 0 Å². The Bertz CT molecular complexity index is 614. The van der Waals surface area contributed by atoms with Crippen LogP contribution in [0.5, 0.6) is 0 Å². The number of H-pyrrole nitrogens is 1. The monoisotopic (exact) mass is 303 g/mol. The first-order valence-electron chi connectivity index (χ1n) is 7.42. The SMILES string of the molecule is O=c1[nH]c(CNCC2(c3ccccc3)CCNCC2)cs1. The second kappa shape index (κ2) is 6.56. The van der Waals surface area contributed by atoms with Gasteiger partial charge in [-0.25, -0.2) is 0 Å². The highest BCUT2D eigenvalue weighted by atomic mass is 32.1. The van der Waals surface area contributed by atoms with E-state index in [1.54, 1.807) is 0 Å². The van der Waals surface area contributed by atoms with Gasteiger partial charge in [-0.05, 0) is 31.5 Å². The van der Waals surface area contributed by atoms with E-state index >= 15 is 0 Å². The molecule has 0 amide bonds.